The fraction of sp³-hybridized carbons (Fsp3) is 0.0769. The lowest BCUT2D eigenvalue weighted by molar-refractivity contribution is 0.475. The molecule has 0 radical (unpaired) electrons. The number of anilines is 1. The molecule has 0 unspecified atom stereocenters. The molecule has 2 rings (SSSR count). The van der Waals surface area contributed by atoms with Crippen molar-refractivity contribution in [3.05, 3.63) is 56.5 Å². The van der Waals surface area contributed by atoms with Crippen LogP contribution in [-0.2, 0) is 6.54 Å². The standard InChI is InChI=1S/C13H10BrCl2NO/c14-9-2-3-12(10(15)6-9)17-7-8-1-4-13(18)11(16)5-8/h1-6,17-18H,7H2. The van der Waals surface area contributed by atoms with Crippen LogP contribution in [0.5, 0.6) is 5.75 Å². The van der Waals surface area contributed by atoms with Gasteiger partial charge in [-0.3, -0.25) is 0 Å². The molecule has 0 spiro atoms. The molecule has 0 amide bonds. The van der Waals surface area contributed by atoms with Gasteiger partial charge in [0, 0.05) is 11.0 Å². The highest BCUT2D eigenvalue weighted by molar-refractivity contribution is 9.10. The first-order chi connectivity index (χ1) is 8.56. The highest BCUT2D eigenvalue weighted by Gasteiger charge is 2.03. The van der Waals surface area contributed by atoms with Crippen molar-refractivity contribution >= 4 is 44.8 Å². The first-order valence-corrected chi connectivity index (χ1v) is 6.77. The predicted octanol–water partition coefficient (Wildman–Crippen LogP) is 5.07. The summed E-state index contributed by atoms with van der Waals surface area (Å²) in [7, 11) is 0. The molecule has 2 nitrogen and oxygen atoms in total. The Morgan fingerprint density at radius 2 is 1.83 bits per heavy atom. The first kappa shape index (κ1) is 13.5. The van der Waals surface area contributed by atoms with Crippen LogP contribution in [0.15, 0.2) is 40.9 Å². The molecule has 2 N–H and O–H groups in total. The number of hydrogen-bond donors (Lipinski definition) is 2. The largest absolute Gasteiger partial charge is 0.506 e. The van der Waals surface area contributed by atoms with Gasteiger partial charge < -0.3 is 10.4 Å². The minimum absolute atomic E-state index is 0.0853. The van der Waals surface area contributed by atoms with E-state index in [9.17, 15) is 5.11 Å². The maximum atomic E-state index is 9.32. The van der Waals surface area contributed by atoms with Crippen molar-refractivity contribution in [3.63, 3.8) is 0 Å². The molecule has 0 saturated carbocycles. The van der Waals surface area contributed by atoms with E-state index in [1.807, 2.05) is 18.2 Å². The van der Waals surface area contributed by atoms with Crippen LogP contribution in [-0.4, -0.2) is 5.11 Å². The third kappa shape index (κ3) is 3.31. The van der Waals surface area contributed by atoms with Crippen LogP contribution in [0.2, 0.25) is 10.0 Å². The number of rotatable bonds is 3. The maximum absolute atomic E-state index is 9.32. The van der Waals surface area contributed by atoms with Gasteiger partial charge in [0.05, 0.1) is 15.7 Å². The number of halogens is 3. The fourth-order valence-electron chi connectivity index (χ4n) is 1.49. The number of nitrogens with one attached hydrogen (secondary N) is 1. The van der Waals surface area contributed by atoms with Gasteiger partial charge in [0.1, 0.15) is 5.75 Å². The molecule has 0 aliphatic rings. The van der Waals surface area contributed by atoms with Crippen LogP contribution in [0.1, 0.15) is 5.56 Å². The molecule has 0 saturated heterocycles. The molecule has 0 aliphatic heterocycles. The third-order valence-electron chi connectivity index (χ3n) is 2.43. The van der Waals surface area contributed by atoms with E-state index >= 15 is 0 Å². The number of aromatic hydroxyl groups is 1. The highest BCUT2D eigenvalue weighted by atomic mass is 79.9. The smallest absolute Gasteiger partial charge is 0.134 e. The van der Waals surface area contributed by atoms with Gasteiger partial charge in [-0.15, -0.1) is 0 Å². The van der Waals surface area contributed by atoms with E-state index in [0.717, 1.165) is 15.7 Å². The number of phenols is 1. The minimum atomic E-state index is 0.0853. The second-order valence-corrected chi connectivity index (χ2v) is 5.49. The van der Waals surface area contributed by atoms with E-state index < -0.39 is 0 Å². The molecule has 94 valence electrons. The van der Waals surface area contributed by atoms with E-state index in [4.69, 9.17) is 23.2 Å². The average Bonchev–Trinajstić information content (AvgIpc) is 2.32. The van der Waals surface area contributed by atoms with E-state index in [2.05, 4.69) is 21.2 Å². The lowest BCUT2D eigenvalue weighted by Gasteiger charge is -2.09. The SMILES string of the molecule is Oc1ccc(CNc2ccc(Br)cc2Cl)cc1Cl. The summed E-state index contributed by atoms with van der Waals surface area (Å²) in [5.41, 5.74) is 1.82. The summed E-state index contributed by atoms with van der Waals surface area (Å²) in [6, 6.07) is 10.7. The van der Waals surface area contributed by atoms with Gasteiger partial charge in [-0.25, -0.2) is 0 Å². The van der Waals surface area contributed by atoms with Crippen molar-refractivity contribution < 1.29 is 5.11 Å². The lowest BCUT2D eigenvalue weighted by atomic mass is 10.2. The predicted molar refractivity (Wildman–Crippen MR) is 79.6 cm³/mol. The summed E-state index contributed by atoms with van der Waals surface area (Å²) < 4.78 is 0.936. The Hall–Kier alpha value is -0.900. The molecule has 0 aromatic heterocycles. The molecule has 0 atom stereocenters. The fourth-order valence-corrected chi connectivity index (χ4v) is 2.43. The Labute approximate surface area is 124 Å². The van der Waals surface area contributed by atoms with Crippen LogP contribution < -0.4 is 5.32 Å². The molecule has 0 heterocycles. The van der Waals surface area contributed by atoms with Gasteiger partial charge in [-0.2, -0.15) is 0 Å². The van der Waals surface area contributed by atoms with Gasteiger partial charge in [-0.1, -0.05) is 45.2 Å². The van der Waals surface area contributed by atoms with Gasteiger partial charge >= 0.3 is 0 Å². The Bertz CT molecular complexity index is 575. The Morgan fingerprint density at radius 1 is 1.06 bits per heavy atom. The molecular formula is C13H10BrCl2NO. The van der Waals surface area contributed by atoms with Gasteiger partial charge in [0.2, 0.25) is 0 Å². The maximum Gasteiger partial charge on any atom is 0.134 e. The van der Waals surface area contributed by atoms with Crippen molar-refractivity contribution in [2.75, 3.05) is 5.32 Å². The molecule has 2 aromatic carbocycles. The number of phenolic OH excluding ortho intramolecular Hbond substituents is 1. The van der Waals surface area contributed by atoms with Crippen LogP contribution in [0, 0.1) is 0 Å². The van der Waals surface area contributed by atoms with E-state index in [1.54, 1.807) is 18.2 Å². The minimum Gasteiger partial charge on any atom is -0.506 e. The van der Waals surface area contributed by atoms with Crippen molar-refractivity contribution in [2.45, 2.75) is 6.54 Å². The van der Waals surface area contributed by atoms with Gasteiger partial charge in [-0.05, 0) is 35.9 Å². The van der Waals surface area contributed by atoms with Crippen molar-refractivity contribution in [3.8, 4) is 5.75 Å². The van der Waals surface area contributed by atoms with Crippen molar-refractivity contribution in [1.82, 2.24) is 0 Å². The molecular weight excluding hydrogens is 337 g/mol. The summed E-state index contributed by atoms with van der Waals surface area (Å²) in [6.45, 7) is 0.585. The van der Waals surface area contributed by atoms with Crippen molar-refractivity contribution in [1.29, 1.82) is 0 Å². The zero-order valence-electron chi connectivity index (χ0n) is 9.25. The van der Waals surface area contributed by atoms with Crippen molar-refractivity contribution in [2.24, 2.45) is 0 Å². The molecule has 2 aromatic rings. The summed E-state index contributed by atoms with van der Waals surface area (Å²) in [6.07, 6.45) is 0. The Morgan fingerprint density at radius 3 is 2.50 bits per heavy atom. The second kappa shape index (κ2) is 5.83. The summed E-state index contributed by atoms with van der Waals surface area (Å²) in [5.74, 6) is 0.0853. The summed E-state index contributed by atoms with van der Waals surface area (Å²) in [5, 5.41) is 13.5. The van der Waals surface area contributed by atoms with Crippen LogP contribution in [0.3, 0.4) is 0 Å². The van der Waals surface area contributed by atoms with Gasteiger partial charge in [0.15, 0.2) is 0 Å². The molecule has 0 bridgehead atoms. The van der Waals surface area contributed by atoms with E-state index in [1.165, 1.54) is 0 Å². The topological polar surface area (TPSA) is 32.3 Å². The molecule has 0 fully saturated rings. The molecule has 18 heavy (non-hydrogen) atoms. The zero-order chi connectivity index (χ0) is 13.1. The quantitative estimate of drug-likeness (QED) is 0.812. The van der Waals surface area contributed by atoms with Crippen LogP contribution in [0.25, 0.3) is 0 Å². The molecule has 0 aliphatic carbocycles. The molecule has 5 heteroatoms. The average molecular weight is 347 g/mol. The van der Waals surface area contributed by atoms with E-state index in [0.29, 0.717) is 16.6 Å². The summed E-state index contributed by atoms with van der Waals surface area (Å²) in [4.78, 5) is 0. The number of benzene rings is 2. The zero-order valence-corrected chi connectivity index (χ0v) is 12.4. The van der Waals surface area contributed by atoms with Crippen LogP contribution >= 0.6 is 39.1 Å². The highest BCUT2D eigenvalue weighted by Crippen LogP contribution is 2.27. The lowest BCUT2D eigenvalue weighted by Crippen LogP contribution is -1.99. The van der Waals surface area contributed by atoms with Crippen LogP contribution in [0.4, 0.5) is 5.69 Å². The normalized spacial score (nSPS) is 10.4. The Balaban J connectivity index is 2.09. The van der Waals surface area contributed by atoms with E-state index in [-0.39, 0.29) is 5.75 Å². The second-order valence-electron chi connectivity index (χ2n) is 3.76. The number of hydrogen-bond acceptors (Lipinski definition) is 2. The first-order valence-electron chi connectivity index (χ1n) is 5.22. The summed E-state index contributed by atoms with van der Waals surface area (Å²) >= 11 is 15.3. The Kier molecular flexibility index (Phi) is 4.38. The third-order valence-corrected chi connectivity index (χ3v) is 3.53. The monoisotopic (exact) mass is 345 g/mol. The van der Waals surface area contributed by atoms with Gasteiger partial charge in [0.25, 0.3) is 0 Å².